The summed E-state index contributed by atoms with van der Waals surface area (Å²) in [5.41, 5.74) is 2.65. The number of nitrogens with zero attached hydrogens (tertiary/aromatic N) is 2. The first-order valence-electron chi connectivity index (χ1n) is 8.28. The van der Waals surface area contributed by atoms with Gasteiger partial charge in [-0.15, -0.1) is 0 Å². The van der Waals surface area contributed by atoms with Gasteiger partial charge in [-0.2, -0.15) is 0 Å². The van der Waals surface area contributed by atoms with E-state index in [-0.39, 0.29) is 11.5 Å². The fourth-order valence-corrected chi connectivity index (χ4v) is 5.05. The van der Waals surface area contributed by atoms with E-state index in [1.807, 2.05) is 69.4 Å². The van der Waals surface area contributed by atoms with Crippen LogP contribution < -0.4 is 0 Å². The van der Waals surface area contributed by atoms with Crippen LogP contribution in [0.2, 0.25) is 10.0 Å². The molecule has 28 heavy (non-hydrogen) atoms. The zero-order valence-corrected chi connectivity index (χ0v) is 20.0. The van der Waals surface area contributed by atoms with Crippen molar-refractivity contribution >= 4 is 90.2 Å². The molecule has 2 N–H and O–H groups in total. The molecule has 2 aromatic carbocycles. The van der Waals surface area contributed by atoms with Gasteiger partial charge in [0, 0.05) is 22.2 Å². The molecule has 0 saturated heterocycles. The number of phenols is 2. The van der Waals surface area contributed by atoms with E-state index in [1.54, 1.807) is 12.1 Å². The van der Waals surface area contributed by atoms with Crippen molar-refractivity contribution in [3.05, 3.63) is 65.0 Å². The van der Waals surface area contributed by atoms with Crippen LogP contribution in [-0.4, -0.2) is 20.2 Å². The molecular formula is C20H12Cl2I2N2O2. The Bertz CT molecular complexity index is 1150. The third-order valence-corrected chi connectivity index (χ3v) is 6.74. The summed E-state index contributed by atoms with van der Waals surface area (Å²) in [6.07, 6.45) is 1.27. The smallest absolute Gasteiger partial charge is 0.155 e. The Labute approximate surface area is 198 Å². The van der Waals surface area contributed by atoms with Crippen LogP contribution in [0.5, 0.6) is 11.5 Å². The quantitative estimate of drug-likeness (QED) is 0.252. The first-order chi connectivity index (χ1) is 13.3. The van der Waals surface area contributed by atoms with Crippen LogP contribution in [0.4, 0.5) is 0 Å². The maximum absolute atomic E-state index is 10.3. The molecule has 2 heterocycles. The number of halogens is 4. The van der Waals surface area contributed by atoms with Gasteiger partial charge in [0.25, 0.3) is 0 Å². The van der Waals surface area contributed by atoms with E-state index in [2.05, 4.69) is 9.97 Å². The maximum Gasteiger partial charge on any atom is 0.155 e. The minimum atomic E-state index is 0.139. The van der Waals surface area contributed by atoms with E-state index in [9.17, 15) is 10.2 Å². The number of aryl methyl sites for hydroxylation is 2. The lowest BCUT2D eigenvalue weighted by molar-refractivity contribution is 0.476. The average Bonchev–Trinajstić information content (AvgIpc) is 2.68. The number of rotatable bonds is 3. The van der Waals surface area contributed by atoms with Crippen LogP contribution in [0.1, 0.15) is 11.4 Å². The number of hydrogen-bond donors (Lipinski definition) is 2. The van der Waals surface area contributed by atoms with E-state index in [1.165, 1.54) is 0 Å². The number of pyridine rings is 2. The standard InChI is InChI=1S/C20H12Cl2I2N2O2/c21-13-7-15(23)19(27)17-11(13)5-3-9(25-17)1-2-10-4-6-12-14(22)8-16(24)20(28)18(12)26-10/h3-8,27-28H,1-2H2. The van der Waals surface area contributed by atoms with Gasteiger partial charge in [0.15, 0.2) is 11.5 Å². The Kier molecular flexibility index (Phi) is 5.74. The molecule has 4 rings (SSSR count). The van der Waals surface area contributed by atoms with E-state index in [4.69, 9.17) is 23.2 Å². The summed E-state index contributed by atoms with van der Waals surface area (Å²) in [6.45, 7) is 0. The van der Waals surface area contributed by atoms with Crippen LogP contribution in [0.25, 0.3) is 21.8 Å². The molecule has 0 aliphatic carbocycles. The maximum atomic E-state index is 10.3. The van der Waals surface area contributed by atoms with Gasteiger partial charge in [-0.1, -0.05) is 23.2 Å². The van der Waals surface area contributed by atoms with Gasteiger partial charge in [0.05, 0.1) is 17.2 Å². The van der Waals surface area contributed by atoms with E-state index in [0.717, 1.165) is 22.2 Å². The van der Waals surface area contributed by atoms with Gasteiger partial charge in [-0.25, -0.2) is 9.97 Å². The minimum Gasteiger partial charge on any atom is -0.505 e. The predicted octanol–water partition coefficient (Wildman–Crippen LogP) is 6.50. The monoisotopic (exact) mass is 636 g/mol. The minimum absolute atomic E-state index is 0.139. The van der Waals surface area contributed by atoms with E-state index in [0.29, 0.717) is 41.1 Å². The summed E-state index contributed by atoms with van der Waals surface area (Å²) in [6, 6.07) is 11.0. The molecule has 2 aromatic heterocycles. The van der Waals surface area contributed by atoms with Gasteiger partial charge >= 0.3 is 0 Å². The Morgan fingerprint density at radius 3 is 1.50 bits per heavy atom. The van der Waals surface area contributed by atoms with Crippen molar-refractivity contribution in [2.45, 2.75) is 12.8 Å². The highest BCUT2D eigenvalue weighted by atomic mass is 127. The number of aromatic nitrogens is 2. The normalized spacial score (nSPS) is 11.4. The topological polar surface area (TPSA) is 66.2 Å². The highest BCUT2D eigenvalue weighted by Gasteiger charge is 2.13. The van der Waals surface area contributed by atoms with Gasteiger partial charge in [-0.05, 0) is 94.4 Å². The fraction of sp³-hybridized carbons (Fsp3) is 0.100. The second kappa shape index (κ2) is 7.97. The number of fused-ring (bicyclic) bond motifs is 2. The molecule has 8 heteroatoms. The molecule has 0 saturated carbocycles. The highest BCUT2D eigenvalue weighted by molar-refractivity contribution is 14.1. The van der Waals surface area contributed by atoms with Crippen molar-refractivity contribution in [3.63, 3.8) is 0 Å². The molecule has 0 amide bonds. The third-order valence-electron chi connectivity index (χ3n) is 4.47. The van der Waals surface area contributed by atoms with Gasteiger partial charge in [0.2, 0.25) is 0 Å². The average molecular weight is 637 g/mol. The molecule has 142 valence electrons. The molecule has 0 bridgehead atoms. The zero-order chi connectivity index (χ0) is 20.0. The van der Waals surface area contributed by atoms with Crippen molar-refractivity contribution < 1.29 is 10.2 Å². The Morgan fingerprint density at radius 1 is 0.714 bits per heavy atom. The van der Waals surface area contributed by atoms with E-state index < -0.39 is 0 Å². The van der Waals surface area contributed by atoms with Crippen LogP contribution in [0.15, 0.2) is 36.4 Å². The van der Waals surface area contributed by atoms with Crippen LogP contribution in [-0.2, 0) is 12.8 Å². The largest absolute Gasteiger partial charge is 0.505 e. The van der Waals surface area contributed by atoms with Crippen LogP contribution in [0.3, 0.4) is 0 Å². The molecular weight excluding hydrogens is 625 g/mol. The predicted molar refractivity (Wildman–Crippen MR) is 130 cm³/mol. The SMILES string of the molecule is Oc1c(I)cc(Cl)c2ccc(CCc3ccc4c(Cl)cc(I)c(O)c4n3)nc12. The number of hydrogen-bond acceptors (Lipinski definition) is 4. The van der Waals surface area contributed by atoms with Crippen LogP contribution >= 0.6 is 68.4 Å². The lowest BCUT2D eigenvalue weighted by Gasteiger charge is -2.09. The van der Waals surface area contributed by atoms with Gasteiger partial charge < -0.3 is 10.2 Å². The number of benzene rings is 2. The van der Waals surface area contributed by atoms with Crippen molar-refractivity contribution in [1.29, 1.82) is 0 Å². The number of phenolic OH excluding ortho intramolecular Hbond substituents is 2. The van der Waals surface area contributed by atoms with Crippen molar-refractivity contribution in [1.82, 2.24) is 9.97 Å². The van der Waals surface area contributed by atoms with Gasteiger partial charge in [0.1, 0.15) is 11.0 Å². The van der Waals surface area contributed by atoms with Crippen molar-refractivity contribution in [2.24, 2.45) is 0 Å². The third kappa shape index (κ3) is 3.71. The van der Waals surface area contributed by atoms with E-state index >= 15 is 0 Å². The Morgan fingerprint density at radius 2 is 1.11 bits per heavy atom. The highest BCUT2D eigenvalue weighted by Crippen LogP contribution is 2.35. The molecule has 0 aliphatic rings. The second-order valence-electron chi connectivity index (χ2n) is 6.28. The molecule has 0 atom stereocenters. The van der Waals surface area contributed by atoms with Gasteiger partial charge in [-0.3, -0.25) is 0 Å². The summed E-state index contributed by atoms with van der Waals surface area (Å²) < 4.78 is 1.33. The molecule has 0 spiro atoms. The van der Waals surface area contributed by atoms with Crippen LogP contribution in [0, 0.1) is 7.14 Å². The summed E-state index contributed by atoms with van der Waals surface area (Å²) in [7, 11) is 0. The molecule has 0 fully saturated rings. The lowest BCUT2D eigenvalue weighted by Crippen LogP contribution is -1.98. The Hall–Kier alpha value is -1.10. The molecule has 4 aromatic rings. The molecule has 0 unspecified atom stereocenters. The summed E-state index contributed by atoms with van der Waals surface area (Å²) in [5, 5.41) is 23.2. The second-order valence-corrected chi connectivity index (χ2v) is 9.41. The molecule has 4 nitrogen and oxygen atoms in total. The summed E-state index contributed by atoms with van der Waals surface area (Å²) in [4.78, 5) is 9.16. The Balaban J connectivity index is 1.66. The molecule has 0 radical (unpaired) electrons. The fourth-order valence-electron chi connectivity index (χ4n) is 3.02. The first kappa shape index (κ1) is 20.2. The zero-order valence-electron chi connectivity index (χ0n) is 14.2. The molecule has 0 aliphatic heterocycles. The van der Waals surface area contributed by atoms with Crippen molar-refractivity contribution in [3.8, 4) is 11.5 Å². The van der Waals surface area contributed by atoms with Crippen molar-refractivity contribution in [2.75, 3.05) is 0 Å². The lowest BCUT2D eigenvalue weighted by atomic mass is 10.1. The summed E-state index contributed by atoms with van der Waals surface area (Å²) >= 11 is 16.6. The number of aromatic hydroxyl groups is 2. The summed E-state index contributed by atoms with van der Waals surface area (Å²) in [5.74, 6) is 0.277. The first-order valence-corrected chi connectivity index (χ1v) is 11.2.